The molecule has 6 nitrogen and oxygen atoms in total. The number of benzene rings is 2. The number of anilines is 2. The van der Waals surface area contributed by atoms with Crippen molar-refractivity contribution >= 4 is 23.2 Å². The van der Waals surface area contributed by atoms with Gasteiger partial charge in [-0.2, -0.15) is 0 Å². The number of nitrogens with one attached hydrogen (secondary N) is 1. The monoisotopic (exact) mass is 376 g/mol. The van der Waals surface area contributed by atoms with E-state index in [4.69, 9.17) is 9.15 Å². The first-order valence-electron chi connectivity index (χ1n) is 9.08. The highest BCUT2D eigenvalue weighted by atomic mass is 16.5. The third-order valence-corrected chi connectivity index (χ3v) is 4.63. The number of hydrogen-bond donors (Lipinski definition) is 1. The van der Waals surface area contributed by atoms with E-state index in [2.05, 4.69) is 5.32 Å². The molecule has 0 atom stereocenters. The average Bonchev–Trinajstić information content (AvgIpc) is 3.37. The van der Waals surface area contributed by atoms with Crippen LogP contribution in [-0.4, -0.2) is 25.0 Å². The highest BCUT2D eigenvalue weighted by Gasteiger charge is 2.27. The first-order chi connectivity index (χ1) is 13.6. The maximum atomic E-state index is 12.6. The molecular weight excluding hydrogens is 356 g/mol. The summed E-state index contributed by atoms with van der Waals surface area (Å²) < 4.78 is 10.7. The Bertz CT molecular complexity index is 994. The van der Waals surface area contributed by atoms with E-state index in [1.807, 2.05) is 49.4 Å². The third kappa shape index (κ3) is 3.76. The first kappa shape index (κ1) is 17.9. The zero-order chi connectivity index (χ0) is 19.5. The quantitative estimate of drug-likeness (QED) is 0.735. The number of hydrogen-bond acceptors (Lipinski definition) is 4. The molecule has 2 aromatic carbocycles. The van der Waals surface area contributed by atoms with Crippen molar-refractivity contribution in [3.63, 3.8) is 0 Å². The molecule has 0 fully saturated rings. The van der Waals surface area contributed by atoms with Crippen LogP contribution in [0.1, 0.15) is 21.7 Å². The fourth-order valence-electron chi connectivity index (χ4n) is 3.18. The molecule has 0 saturated heterocycles. The number of ether oxygens (including phenoxy) is 1. The number of aryl methyl sites for hydroxylation is 1. The van der Waals surface area contributed by atoms with Crippen molar-refractivity contribution in [1.82, 2.24) is 0 Å². The summed E-state index contributed by atoms with van der Waals surface area (Å²) in [7, 11) is 0. The second kappa shape index (κ2) is 7.60. The zero-order valence-corrected chi connectivity index (χ0v) is 15.5. The molecule has 0 saturated carbocycles. The molecule has 28 heavy (non-hydrogen) atoms. The summed E-state index contributed by atoms with van der Waals surface area (Å²) in [5, 5.41) is 2.82. The van der Waals surface area contributed by atoms with Gasteiger partial charge in [0.2, 0.25) is 0 Å². The van der Waals surface area contributed by atoms with Crippen LogP contribution in [0, 0.1) is 6.92 Å². The Morgan fingerprint density at radius 2 is 1.96 bits per heavy atom. The van der Waals surface area contributed by atoms with Gasteiger partial charge in [0.1, 0.15) is 5.75 Å². The van der Waals surface area contributed by atoms with Gasteiger partial charge in [-0.25, -0.2) is 0 Å². The minimum atomic E-state index is -0.262. The van der Waals surface area contributed by atoms with Crippen molar-refractivity contribution in [2.45, 2.75) is 13.3 Å². The average molecular weight is 376 g/mol. The lowest BCUT2D eigenvalue weighted by Crippen LogP contribution is -2.28. The van der Waals surface area contributed by atoms with Crippen LogP contribution < -0.4 is 15.0 Å². The van der Waals surface area contributed by atoms with E-state index in [1.165, 1.54) is 6.26 Å². The maximum Gasteiger partial charge on any atom is 0.293 e. The number of nitrogens with zero attached hydrogens (tertiary/aromatic N) is 1. The molecule has 0 unspecified atom stereocenters. The maximum absolute atomic E-state index is 12.6. The van der Waals surface area contributed by atoms with E-state index >= 15 is 0 Å². The lowest BCUT2D eigenvalue weighted by atomic mass is 10.1. The first-order valence-corrected chi connectivity index (χ1v) is 9.08. The van der Waals surface area contributed by atoms with Crippen molar-refractivity contribution in [3.8, 4) is 5.75 Å². The smallest absolute Gasteiger partial charge is 0.293 e. The van der Waals surface area contributed by atoms with Gasteiger partial charge in [-0.3, -0.25) is 9.59 Å². The summed E-state index contributed by atoms with van der Waals surface area (Å²) in [6, 6.07) is 16.4. The van der Waals surface area contributed by atoms with Gasteiger partial charge in [0.05, 0.1) is 6.26 Å². The summed E-state index contributed by atoms with van der Waals surface area (Å²) in [4.78, 5) is 26.5. The molecule has 1 aliphatic heterocycles. The zero-order valence-electron chi connectivity index (χ0n) is 15.5. The molecule has 1 aromatic heterocycles. The third-order valence-electron chi connectivity index (χ3n) is 4.63. The number of furan rings is 1. The van der Waals surface area contributed by atoms with Gasteiger partial charge in [0.25, 0.3) is 11.8 Å². The SMILES string of the molecule is Cc1ccc(OCC(=O)Nc2ccc3c(c2)N(C(=O)c2ccco2)CC3)cc1. The largest absolute Gasteiger partial charge is 0.484 e. The summed E-state index contributed by atoms with van der Waals surface area (Å²) >= 11 is 0. The number of fused-ring (bicyclic) bond motifs is 1. The predicted octanol–water partition coefficient (Wildman–Crippen LogP) is 3.81. The van der Waals surface area contributed by atoms with Gasteiger partial charge in [-0.1, -0.05) is 23.8 Å². The normalized spacial score (nSPS) is 12.5. The van der Waals surface area contributed by atoms with Crippen molar-refractivity contribution in [1.29, 1.82) is 0 Å². The van der Waals surface area contributed by atoms with Crippen LogP contribution in [-0.2, 0) is 11.2 Å². The predicted molar refractivity (Wildman–Crippen MR) is 106 cm³/mol. The van der Waals surface area contributed by atoms with Crippen molar-refractivity contribution in [3.05, 3.63) is 77.7 Å². The Labute approximate surface area is 162 Å². The molecule has 0 radical (unpaired) electrons. The van der Waals surface area contributed by atoms with Crippen LogP contribution in [0.2, 0.25) is 0 Å². The van der Waals surface area contributed by atoms with Crippen LogP contribution in [0.4, 0.5) is 11.4 Å². The number of rotatable bonds is 5. The van der Waals surface area contributed by atoms with Crippen molar-refractivity contribution < 1.29 is 18.7 Å². The molecule has 0 aliphatic carbocycles. The van der Waals surface area contributed by atoms with E-state index in [0.717, 1.165) is 23.2 Å². The summed E-state index contributed by atoms with van der Waals surface area (Å²) in [5.41, 5.74) is 3.60. The van der Waals surface area contributed by atoms with Gasteiger partial charge >= 0.3 is 0 Å². The van der Waals surface area contributed by atoms with Crippen LogP contribution in [0.5, 0.6) is 5.75 Å². The van der Waals surface area contributed by atoms with Gasteiger partial charge in [-0.05, 0) is 55.3 Å². The number of carbonyl (C=O) groups is 2. The molecule has 142 valence electrons. The number of amides is 2. The van der Waals surface area contributed by atoms with E-state index in [1.54, 1.807) is 17.0 Å². The topological polar surface area (TPSA) is 71.8 Å². The van der Waals surface area contributed by atoms with Crippen LogP contribution in [0.25, 0.3) is 0 Å². The van der Waals surface area contributed by atoms with Gasteiger partial charge in [0, 0.05) is 17.9 Å². The van der Waals surface area contributed by atoms with Gasteiger partial charge in [0.15, 0.2) is 12.4 Å². The summed E-state index contributed by atoms with van der Waals surface area (Å²) in [6.07, 6.45) is 2.25. The molecule has 6 heteroatoms. The molecule has 4 rings (SSSR count). The molecule has 2 heterocycles. The fourth-order valence-corrected chi connectivity index (χ4v) is 3.18. The highest BCUT2D eigenvalue weighted by Crippen LogP contribution is 2.32. The lowest BCUT2D eigenvalue weighted by Gasteiger charge is -2.17. The second-order valence-corrected chi connectivity index (χ2v) is 6.68. The Kier molecular flexibility index (Phi) is 4.85. The molecule has 2 amide bonds. The van der Waals surface area contributed by atoms with E-state index in [9.17, 15) is 9.59 Å². The Balaban J connectivity index is 1.42. The van der Waals surface area contributed by atoms with E-state index in [0.29, 0.717) is 23.7 Å². The Hall–Kier alpha value is -3.54. The molecule has 0 spiro atoms. The molecule has 1 aliphatic rings. The minimum absolute atomic E-state index is 0.0881. The highest BCUT2D eigenvalue weighted by molar-refractivity contribution is 6.06. The second-order valence-electron chi connectivity index (χ2n) is 6.68. The van der Waals surface area contributed by atoms with Gasteiger partial charge in [-0.15, -0.1) is 0 Å². The summed E-state index contributed by atoms with van der Waals surface area (Å²) in [6.45, 7) is 2.49. The molecular formula is C22H20N2O4. The van der Waals surface area contributed by atoms with E-state index < -0.39 is 0 Å². The Morgan fingerprint density at radius 1 is 1.14 bits per heavy atom. The van der Waals surface area contributed by atoms with Crippen molar-refractivity contribution in [2.24, 2.45) is 0 Å². The Morgan fingerprint density at radius 3 is 2.71 bits per heavy atom. The van der Waals surface area contributed by atoms with E-state index in [-0.39, 0.29) is 18.4 Å². The number of carbonyl (C=O) groups excluding carboxylic acids is 2. The molecule has 0 bridgehead atoms. The standard InChI is InChI=1S/C22H20N2O4/c1-15-4-8-18(9-5-15)28-14-21(25)23-17-7-6-16-10-11-24(19(16)13-17)22(26)20-3-2-12-27-20/h2-9,12-13H,10-11,14H2,1H3,(H,23,25). The summed E-state index contributed by atoms with van der Waals surface area (Å²) in [5.74, 6) is 0.496. The van der Waals surface area contributed by atoms with Crippen LogP contribution in [0.3, 0.4) is 0 Å². The fraction of sp³-hybridized carbons (Fsp3) is 0.182. The van der Waals surface area contributed by atoms with Crippen LogP contribution >= 0.6 is 0 Å². The molecule has 3 aromatic rings. The molecule has 1 N–H and O–H groups in total. The van der Waals surface area contributed by atoms with Crippen molar-refractivity contribution in [2.75, 3.05) is 23.4 Å². The lowest BCUT2D eigenvalue weighted by molar-refractivity contribution is -0.118. The van der Waals surface area contributed by atoms with Crippen LogP contribution in [0.15, 0.2) is 65.3 Å². The minimum Gasteiger partial charge on any atom is -0.484 e. The van der Waals surface area contributed by atoms with Gasteiger partial charge < -0.3 is 19.4 Å².